The minimum absolute atomic E-state index is 0.0581. The monoisotopic (exact) mass is 425 g/mol. The van der Waals surface area contributed by atoms with E-state index >= 15 is 0 Å². The third-order valence-electron chi connectivity index (χ3n) is 8.47. The predicted octanol–water partition coefficient (Wildman–Crippen LogP) is 4.34. The van der Waals surface area contributed by atoms with Crippen LogP contribution in [0.2, 0.25) is 5.02 Å². The van der Waals surface area contributed by atoms with Crippen LogP contribution in [0.25, 0.3) is 11.1 Å². The fourth-order valence-electron chi connectivity index (χ4n) is 7.18. The van der Waals surface area contributed by atoms with Gasteiger partial charge in [-0.05, 0) is 66.1 Å². The number of nitrogens with two attached hydrogens (primary N) is 1. The summed E-state index contributed by atoms with van der Waals surface area (Å²) in [5.41, 5.74) is 10.9. The number of nitrogens with zero attached hydrogens (tertiary/aromatic N) is 2. The molecule has 0 bridgehead atoms. The Morgan fingerprint density at radius 1 is 1.20 bits per heavy atom. The first kappa shape index (κ1) is 18.6. The van der Waals surface area contributed by atoms with Crippen LogP contribution < -0.4 is 5.73 Å². The fourth-order valence-corrected chi connectivity index (χ4v) is 7.36. The van der Waals surface area contributed by atoms with Gasteiger partial charge in [0.1, 0.15) is 11.4 Å². The van der Waals surface area contributed by atoms with Crippen LogP contribution in [0.4, 0.5) is 4.39 Å². The first-order valence-electron chi connectivity index (χ1n) is 10.6. The van der Waals surface area contributed by atoms with Gasteiger partial charge in [0.15, 0.2) is 5.96 Å². The van der Waals surface area contributed by atoms with Gasteiger partial charge in [0.05, 0.1) is 11.1 Å². The highest BCUT2D eigenvalue weighted by Crippen LogP contribution is 2.89. The van der Waals surface area contributed by atoms with Gasteiger partial charge in [-0.15, -0.1) is 0 Å². The molecule has 6 heteroatoms. The van der Waals surface area contributed by atoms with Gasteiger partial charge >= 0.3 is 0 Å². The third-order valence-corrected chi connectivity index (χ3v) is 8.76. The van der Waals surface area contributed by atoms with Crippen molar-refractivity contribution in [3.63, 3.8) is 0 Å². The zero-order chi connectivity index (χ0) is 20.9. The van der Waals surface area contributed by atoms with Gasteiger partial charge in [0.2, 0.25) is 0 Å². The minimum Gasteiger partial charge on any atom is -0.381 e. The van der Waals surface area contributed by atoms with Crippen LogP contribution in [0.5, 0.6) is 0 Å². The van der Waals surface area contributed by atoms with E-state index in [0.717, 1.165) is 43.4 Å². The standard InChI is InChI=1S/C24H25ClFN3O/c1-29-13-23-12-17(30-2)7-8-22(23)11-16-4-3-14(15-5-6-20(26)19(25)10-15)9-18(16)24(22,23)28-21(29)27/h3-6,9-10,17H,7-8,11-13H2,1-2H3,(H2,27,28). The number of ether oxygens (including phenoxy) is 1. The summed E-state index contributed by atoms with van der Waals surface area (Å²) in [6.45, 7) is 0.911. The molecule has 156 valence electrons. The van der Waals surface area contributed by atoms with Crippen LogP contribution in [0.15, 0.2) is 41.4 Å². The van der Waals surface area contributed by atoms with E-state index in [0.29, 0.717) is 5.96 Å². The number of hydrogen-bond acceptors (Lipinski definition) is 4. The summed E-state index contributed by atoms with van der Waals surface area (Å²) in [5.74, 6) is 0.219. The van der Waals surface area contributed by atoms with E-state index in [1.54, 1.807) is 12.1 Å². The molecule has 4 unspecified atom stereocenters. The maximum Gasteiger partial charge on any atom is 0.191 e. The molecule has 6 rings (SSSR count). The summed E-state index contributed by atoms with van der Waals surface area (Å²) in [6.07, 6.45) is 4.48. The van der Waals surface area contributed by atoms with Crippen molar-refractivity contribution in [3.8, 4) is 11.1 Å². The van der Waals surface area contributed by atoms with Gasteiger partial charge in [-0.25, -0.2) is 9.38 Å². The molecule has 2 aromatic carbocycles. The number of fused-ring (bicyclic) bond motifs is 1. The summed E-state index contributed by atoms with van der Waals surface area (Å²) >= 11 is 6.06. The molecule has 1 heterocycles. The van der Waals surface area contributed by atoms with E-state index in [4.69, 9.17) is 27.1 Å². The molecule has 3 aliphatic carbocycles. The molecule has 3 spiro atoms. The van der Waals surface area contributed by atoms with Gasteiger partial charge in [-0.2, -0.15) is 0 Å². The Balaban J connectivity index is 1.53. The maximum atomic E-state index is 13.7. The summed E-state index contributed by atoms with van der Waals surface area (Å²) in [5, 5.41) is 0.142. The van der Waals surface area contributed by atoms with Crippen LogP contribution in [0, 0.1) is 16.6 Å². The lowest BCUT2D eigenvalue weighted by Crippen LogP contribution is -2.47. The maximum absolute atomic E-state index is 13.7. The summed E-state index contributed by atoms with van der Waals surface area (Å²) < 4.78 is 19.5. The Hall–Kier alpha value is -2.11. The topological polar surface area (TPSA) is 50.9 Å². The second kappa shape index (κ2) is 5.77. The molecular weight excluding hydrogens is 401 g/mol. The minimum atomic E-state index is -0.399. The van der Waals surface area contributed by atoms with Gasteiger partial charge in [0.25, 0.3) is 0 Å². The molecule has 4 atom stereocenters. The smallest absolute Gasteiger partial charge is 0.191 e. The Labute approximate surface area is 180 Å². The van der Waals surface area contributed by atoms with Crippen LogP contribution in [-0.2, 0) is 16.7 Å². The largest absolute Gasteiger partial charge is 0.381 e. The highest BCUT2D eigenvalue weighted by molar-refractivity contribution is 6.31. The zero-order valence-corrected chi connectivity index (χ0v) is 18.0. The van der Waals surface area contributed by atoms with E-state index in [2.05, 4.69) is 23.1 Å². The van der Waals surface area contributed by atoms with Crippen molar-refractivity contribution in [3.05, 3.63) is 58.4 Å². The Morgan fingerprint density at radius 2 is 1.97 bits per heavy atom. The molecule has 2 aromatic rings. The van der Waals surface area contributed by atoms with Crippen LogP contribution in [0.1, 0.15) is 30.4 Å². The third kappa shape index (κ3) is 1.94. The summed E-state index contributed by atoms with van der Waals surface area (Å²) in [6, 6.07) is 11.5. The number of hydrogen-bond donors (Lipinski definition) is 1. The Bertz CT molecular complexity index is 1120. The van der Waals surface area contributed by atoms with Gasteiger partial charge in [-0.1, -0.05) is 29.8 Å². The number of aliphatic imine (C=N–C) groups is 1. The molecule has 0 saturated heterocycles. The quantitative estimate of drug-likeness (QED) is 0.778. The molecule has 0 radical (unpaired) electrons. The van der Waals surface area contributed by atoms with E-state index in [1.165, 1.54) is 17.2 Å². The molecule has 2 N–H and O–H groups in total. The zero-order valence-electron chi connectivity index (χ0n) is 17.2. The number of benzene rings is 2. The highest BCUT2D eigenvalue weighted by atomic mass is 35.5. The fraction of sp³-hybridized carbons (Fsp3) is 0.458. The van der Waals surface area contributed by atoms with Gasteiger partial charge in [0, 0.05) is 31.5 Å². The molecule has 2 saturated carbocycles. The Kier molecular flexibility index (Phi) is 3.59. The molecule has 30 heavy (non-hydrogen) atoms. The van der Waals surface area contributed by atoms with Crippen molar-refractivity contribution in [2.75, 3.05) is 20.7 Å². The Morgan fingerprint density at radius 3 is 2.73 bits per heavy atom. The highest BCUT2D eigenvalue weighted by Gasteiger charge is 2.91. The molecule has 4 nitrogen and oxygen atoms in total. The first-order valence-corrected chi connectivity index (χ1v) is 10.9. The lowest BCUT2D eigenvalue weighted by atomic mass is 9.73. The number of guanidine groups is 1. The lowest BCUT2D eigenvalue weighted by Gasteiger charge is -2.39. The van der Waals surface area contributed by atoms with Crippen molar-refractivity contribution >= 4 is 17.6 Å². The second-order valence-electron chi connectivity index (χ2n) is 9.48. The van der Waals surface area contributed by atoms with Gasteiger partial charge < -0.3 is 15.4 Å². The van der Waals surface area contributed by atoms with Crippen LogP contribution in [-0.4, -0.2) is 37.7 Å². The molecule has 2 fully saturated rings. The van der Waals surface area contributed by atoms with E-state index in [9.17, 15) is 4.39 Å². The van der Waals surface area contributed by atoms with Crippen molar-refractivity contribution in [2.24, 2.45) is 21.6 Å². The summed E-state index contributed by atoms with van der Waals surface area (Å²) in [4.78, 5) is 7.32. The molecule has 1 aliphatic heterocycles. The molecule has 4 aliphatic rings. The van der Waals surface area contributed by atoms with Crippen molar-refractivity contribution in [2.45, 2.75) is 37.3 Å². The number of halogens is 2. The average Bonchev–Trinajstić information content (AvgIpc) is 3.10. The number of rotatable bonds is 2. The van der Waals surface area contributed by atoms with E-state index in [-0.39, 0.29) is 27.5 Å². The molecule has 0 aromatic heterocycles. The first-order chi connectivity index (χ1) is 14.4. The summed E-state index contributed by atoms with van der Waals surface area (Å²) in [7, 11) is 3.86. The lowest BCUT2D eigenvalue weighted by molar-refractivity contribution is 0.0214. The van der Waals surface area contributed by atoms with Crippen molar-refractivity contribution < 1.29 is 9.13 Å². The van der Waals surface area contributed by atoms with Crippen LogP contribution in [0.3, 0.4) is 0 Å². The second-order valence-corrected chi connectivity index (χ2v) is 9.89. The molecular formula is C24H25ClFN3O. The predicted molar refractivity (Wildman–Crippen MR) is 116 cm³/mol. The normalized spacial score (nSPS) is 35.8. The molecule has 0 amide bonds. The van der Waals surface area contributed by atoms with E-state index in [1.807, 2.05) is 14.2 Å². The van der Waals surface area contributed by atoms with Crippen LogP contribution >= 0.6 is 11.6 Å². The SMILES string of the molecule is COC1CCC23Cc4ccc(-c5ccc(F)c(Cl)c5)cc4C24N=C(N)N(C)CC34C1. The van der Waals surface area contributed by atoms with E-state index < -0.39 is 5.82 Å². The van der Waals surface area contributed by atoms with Crippen molar-refractivity contribution in [1.82, 2.24) is 4.90 Å². The average molecular weight is 426 g/mol. The van der Waals surface area contributed by atoms with Crippen molar-refractivity contribution in [1.29, 1.82) is 0 Å². The number of methoxy groups -OCH3 is 1. The van der Waals surface area contributed by atoms with Gasteiger partial charge in [-0.3, -0.25) is 0 Å².